The van der Waals surface area contributed by atoms with Crippen molar-refractivity contribution in [3.63, 3.8) is 0 Å². The van der Waals surface area contributed by atoms with Crippen LogP contribution in [-0.2, 0) is 14.3 Å². The van der Waals surface area contributed by atoms with Crippen molar-refractivity contribution in [2.75, 3.05) is 20.3 Å². The fraction of sp³-hybridized carbons (Fsp3) is 0.524. The van der Waals surface area contributed by atoms with Crippen molar-refractivity contribution in [3.8, 4) is 11.5 Å². The van der Waals surface area contributed by atoms with Gasteiger partial charge in [-0.05, 0) is 49.5 Å². The molecule has 1 aromatic rings. The second-order valence-electron chi connectivity index (χ2n) is 6.72. The first-order valence-corrected chi connectivity index (χ1v) is 9.48. The molecule has 0 radical (unpaired) electrons. The molecule has 1 aliphatic rings. The fourth-order valence-electron chi connectivity index (χ4n) is 3.19. The number of benzene rings is 1. The largest absolute Gasteiger partial charge is 0.493 e. The maximum atomic E-state index is 12.0. The lowest BCUT2D eigenvalue weighted by Gasteiger charge is -2.29. The topological polar surface area (TPSA) is 73.9 Å². The molecule has 1 amide bonds. The summed E-state index contributed by atoms with van der Waals surface area (Å²) in [5.74, 6) is 0.892. The van der Waals surface area contributed by atoms with Crippen LogP contribution in [0.15, 0.2) is 24.3 Å². The molecular weight excluding hydrogens is 346 g/mol. The van der Waals surface area contributed by atoms with Crippen molar-refractivity contribution in [2.45, 2.75) is 45.6 Å². The van der Waals surface area contributed by atoms with Gasteiger partial charge in [0, 0.05) is 12.1 Å². The summed E-state index contributed by atoms with van der Waals surface area (Å²) in [5.41, 5.74) is 0.775. The van der Waals surface area contributed by atoms with Crippen LogP contribution in [0.2, 0.25) is 0 Å². The Morgan fingerprint density at radius 3 is 2.70 bits per heavy atom. The molecule has 6 nitrogen and oxygen atoms in total. The normalized spacial score (nSPS) is 19.5. The van der Waals surface area contributed by atoms with Gasteiger partial charge in [-0.2, -0.15) is 0 Å². The summed E-state index contributed by atoms with van der Waals surface area (Å²) in [6.45, 7) is 4.28. The number of carbonyl (C=O) groups excluding carboxylic acids is 2. The second-order valence-corrected chi connectivity index (χ2v) is 6.72. The molecule has 27 heavy (non-hydrogen) atoms. The summed E-state index contributed by atoms with van der Waals surface area (Å²) in [7, 11) is 1.57. The predicted octanol–water partition coefficient (Wildman–Crippen LogP) is 3.35. The predicted molar refractivity (Wildman–Crippen MR) is 104 cm³/mol. The van der Waals surface area contributed by atoms with Gasteiger partial charge in [-0.15, -0.1) is 0 Å². The molecule has 1 saturated carbocycles. The van der Waals surface area contributed by atoms with Crippen LogP contribution in [0, 0.1) is 5.92 Å². The maximum absolute atomic E-state index is 12.0. The molecule has 0 aromatic heterocycles. The molecule has 6 heteroatoms. The third kappa shape index (κ3) is 6.62. The molecule has 2 rings (SSSR count). The third-order valence-electron chi connectivity index (χ3n) is 4.70. The van der Waals surface area contributed by atoms with E-state index in [0.717, 1.165) is 24.8 Å². The molecular formula is C21H29NO5. The van der Waals surface area contributed by atoms with E-state index in [1.54, 1.807) is 25.3 Å². The van der Waals surface area contributed by atoms with Gasteiger partial charge in [0.1, 0.15) is 0 Å². The zero-order chi connectivity index (χ0) is 19.6. The molecule has 0 saturated heterocycles. The molecule has 1 N–H and O–H groups in total. The smallest absolute Gasteiger partial charge is 0.331 e. The van der Waals surface area contributed by atoms with Crippen LogP contribution in [0.25, 0.3) is 6.08 Å². The first-order chi connectivity index (χ1) is 13.0. The van der Waals surface area contributed by atoms with Crippen LogP contribution in [0.1, 0.15) is 45.1 Å². The molecule has 1 aromatic carbocycles. The Balaban J connectivity index is 1.82. The molecule has 0 bridgehead atoms. The first kappa shape index (κ1) is 20.8. The summed E-state index contributed by atoms with van der Waals surface area (Å²) in [4.78, 5) is 23.8. The summed E-state index contributed by atoms with van der Waals surface area (Å²) < 4.78 is 15.8. The highest BCUT2D eigenvalue weighted by molar-refractivity contribution is 5.89. The number of carbonyl (C=O) groups is 2. The standard InChI is InChI=1S/C21H29NO5/c1-4-26-19-13-16(9-11-18(19)25-3)10-12-21(24)27-14-20(23)22-17-8-6-5-7-15(17)2/h9-13,15,17H,4-8,14H2,1-3H3,(H,22,23)/b12-10+/t15-,17-/m1/s1. The van der Waals surface area contributed by atoms with Crippen LogP contribution in [0.3, 0.4) is 0 Å². The summed E-state index contributed by atoms with van der Waals surface area (Å²) in [6, 6.07) is 5.54. The van der Waals surface area contributed by atoms with Crippen LogP contribution in [-0.4, -0.2) is 38.2 Å². The van der Waals surface area contributed by atoms with E-state index in [-0.39, 0.29) is 18.6 Å². The van der Waals surface area contributed by atoms with E-state index >= 15 is 0 Å². The van der Waals surface area contributed by atoms with E-state index in [4.69, 9.17) is 14.2 Å². The van der Waals surface area contributed by atoms with Crippen LogP contribution in [0.4, 0.5) is 0 Å². The van der Waals surface area contributed by atoms with Crippen molar-refractivity contribution in [1.29, 1.82) is 0 Å². The Bertz CT molecular complexity index is 671. The van der Waals surface area contributed by atoms with E-state index in [2.05, 4.69) is 12.2 Å². The second kappa shape index (κ2) is 10.6. The minimum Gasteiger partial charge on any atom is -0.493 e. The van der Waals surface area contributed by atoms with E-state index in [0.29, 0.717) is 24.0 Å². The zero-order valence-corrected chi connectivity index (χ0v) is 16.3. The number of amides is 1. The molecule has 0 unspecified atom stereocenters. The lowest BCUT2D eigenvalue weighted by Crippen LogP contribution is -2.42. The average molecular weight is 375 g/mol. The summed E-state index contributed by atoms with van der Waals surface area (Å²) in [5, 5.41) is 2.96. The Hall–Kier alpha value is -2.50. The van der Waals surface area contributed by atoms with Crippen LogP contribution >= 0.6 is 0 Å². The Labute approximate surface area is 160 Å². The van der Waals surface area contributed by atoms with E-state index < -0.39 is 5.97 Å². The van der Waals surface area contributed by atoms with Gasteiger partial charge in [0.15, 0.2) is 18.1 Å². The molecule has 1 fully saturated rings. The maximum Gasteiger partial charge on any atom is 0.331 e. The van der Waals surface area contributed by atoms with E-state index in [9.17, 15) is 9.59 Å². The van der Waals surface area contributed by atoms with Crippen LogP contribution < -0.4 is 14.8 Å². The van der Waals surface area contributed by atoms with Crippen molar-refractivity contribution < 1.29 is 23.8 Å². The zero-order valence-electron chi connectivity index (χ0n) is 16.3. The number of rotatable bonds is 8. The summed E-state index contributed by atoms with van der Waals surface area (Å²) >= 11 is 0. The highest BCUT2D eigenvalue weighted by atomic mass is 16.5. The minimum atomic E-state index is -0.560. The SMILES string of the molecule is CCOc1cc(/C=C/C(=O)OCC(=O)N[C@@H]2CCCC[C@H]2C)ccc1OC. The highest BCUT2D eigenvalue weighted by Gasteiger charge is 2.22. The van der Waals surface area contributed by atoms with Gasteiger partial charge in [0.25, 0.3) is 5.91 Å². The molecule has 0 aliphatic heterocycles. The van der Waals surface area contributed by atoms with Crippen LogP contribution in [0.5, 0.6) is 11.5 Å². The quantitative estimate of drug-likeness (QED) is 0.557. The lowest BCUT2D eigenvalue weighted by atomic mass is 9.86. The number of hydrogen-bond donors (Lipinski definition) is 1. The van der Waals surface area contributed by atoms with Crippen molar-refractivity contribution in [1.82, 2.24) is 5.32 Å². The van der Waals surface area contributed by atoms with Gasteiger partial charge < -0.3 is 19.5 Å². The molecule has 2 atom stereocenters. The van der Waals surface area contributed by atoms with Gasteiger partial charge >= 0.3 is 5.97 Å². The first-order valence-electron chi connectivity index (χ1n) is 9.48. The molecule has 1 aliphatic carbocycles. The Morgan fingerprint density at radius 1 is 1.22 bits per heavy atom. The minimum absolute atomic E-state index is 0.178. The average Bonchev–Trinajstić information content (AvgIpc) is 2.67. The number of methoxy groups -OCH3 is 1. The van der Waals surface area contributed by atoms with Crippen molar-refractivity contribution in [3.05, 3.63) is 29.8 Å². The van der Waals surface area contributed by atoms with Gasteiger partial charge in [-0.3, -0.25) is 4.79 Å². The monoisotopic (exact) mass is 375 g/mol. The summed E-state index contributed by atoms with van der Waals surface area (Å²) in [6.07, 6.45) is 7.37. The molecule has 0 spiro atoms. The number of ether oxygens (including phenoxy) is 3. The van der Waals surface area contributed by atoms with E-state index in [1.165, 1.54) is 12.5 Å². The van der Waals surface area contributed by atoms with Crippen molar-refractivity contribution >= 4 is 18.0 Å². The third-order valence-corrected chi connectivity index (χ3v) is 4.70. The van der Waals surface area contributed by atoms with Gasteiger partial charge in [-0.25, -0.2) is 4.79 Å². The van der Waals surface area contributed by atoms with Gasteiger partial charge in [0.05, 0.1) is 13.7 Å². The Morgan fingerprint density at radius 2 is 2.00 bits per heavy atom. The Kier molecular flexibility index (Phi) is 8.17. The van der Waals surface area contributed by atoms with Crippen molar-refractivity contribution in [2.24, 2.45) is 5.92 Å². The molecule has 0 heterocycles. The number of hydrogen-bond acceptors (Lipinski definition) is 5. The van der Waals surface area contributed by atoms with E-state index in [1.807, 2.05) is 13.0 Å². The number of nitrogens with one attached hydrogen (secondary N) is 1. The fourth-order valence-corrected chi connectivity index (χ4v) is 3.19. The number of esters is 1. The lowest BCUT2D eigenvalue weighted by molar-refractivity contribution is -0.144. The van der Waals surface area contributed by atoms with Gasteiger partial charge in [0.2, 0.25) is 0 Å². The molecule has 148 valence electrons. The van der Waals surface area contributed by atoms with Gasteiger partial charge in [-0.1, -0.05) is 25.8 Å². The highest BCUT2D eigenvalue weighted by Crippen LogP contribution is 2.28.